The average Bonchev–Trinajstić information content (AvgIpc) is 1.92. The summed E-state index contributed by atoms with van der Waals surface area (Å²) in [4.78, 5) is 28.3. The van der Waals surface area contributed by atoms with E-state index in [9.17, 15) is 9.36 Å². The number of piperidine rings is 1. The smallest absolute Gasteiger partial charge is 0.324 e. The van der Waals surface area contributed by atoms with Crippen LogP contribution in [0, 0.1) is 0 Å². The fourth-order valence-electron chi connectivity index (χ4n) is 1.15. The summed E-state index contributed by atoms with van der Waals surface area (Å²) in [5.41, 5.74) is -1.35. The molecular formula is C5H10NO5P. The molecule has 1 saturated heterocycles. The van der Waals surface area contributed by atoms with Gasteiger partial charge < -0.3 is 9.79 Å². The summed E-state index contributed by atoms with van der Waals surface area (Å²) in [6.45, 7) is 0.148. The highest BCUT2D eigenvalue weighted by atomic mass is 31.2. The maximum atomic E-state index is 11.0. The third-order valence-corrected chi connectivity index (χ3v) is 3.08. The lowest BCUT2D eigenvalue weighted by atomic mass is 10.1. The Balaban J connectivity index is 2.78. The Hall–Kier alpha value is -0.420. The van der Waals surface area contributed by atoms with Gasteiger partial charge in [0, 0.05) is 6.54 Å². The minimum absolute atomic E-state index is 0.139. The summed E-state index contributed by atoms with van der Waals surface area (Å²) in [7, 11) is -4.39. The van der Waals surface area contributed by atoms with Crippen molar-refractivity contribution in [3.63, 3.8) is 0 Å². The second-order valence-corrected chi connectivity index (χ2v) is 4.51. The van der Waals surface area contributed by atoms with Crippen molar-refractivity contribution in [1.29, 1.82) is 0 Å². The van der Waals surface area contributed by atoms with E-state index in [0.717, 1.165) is 0 Å². The van der Waals surface area contributed by atoms with Crippen LogP contribution in [0.1, 0.15) is 12.8 Å². The van der Waals surface area contributed by atoms with E-state index >= 15 is 0 Å². The first-order valence-corrected chi connectivity index (χ1v) is 5.16. The summed E-state index contributed by atoms with van der Waals surface area (Å²) in [5, 5.41) is 9.22. The van der Waals surface area contributed by atoms with Gasteiger partial charge in [0.2, 0.25) is 0 Å². The van der Waals surface area contributed by atoms with Gasteiger partial charge >= 0.3 is 7.60 Å². The first-order chi connectivity index (χ1) is 5.43. The number of rotatable bonds is 1. The number of carbonyl (C=O) groups is 1. The van der Waals surface area contributed by atoms with E-state index in [1.165, 1.54) is 0 Å². The Kier molecular flexibility index (Phi) is 2.53. The SMILES string of the molecule is O=C1[C@@H](P(=O)(O)O)CCCN1O. The van der Waals surface area contributed by atoms with Crippen molar-refractivity contribution < 1.29 is 24.4 Å². The highest BCUT2D eigenvalue weighted by Gasteiger charge is 2.40. The molecule has 70 valence electrons. The van der Waals surface area contributed by atoms with Gasteiger partial charge in [0.1, 0.15) is 5.66 Å². The van der Waals surface area contributed by atoms with Crippen LogP contribution >= 0.6 is 7.60 Å². The number of hydrogen-bond acceptors (Lipinski definition) is 3. The quantitative estimate of drug-likeness (QED) is 0.388. The van der Waals surface area contributed by atoms with Crippen molar-refractivity contribution in [2.75, 3.05) is 6.54 Å². The zero-order chi connectivity index (χ0) is 9.35. The lowest BCUT2D eigenvalue weighted by Gasteiger charge is -2.27. The summed E-state index contributed by atoms with van der Waals surface area (Å²) in [6, 6.07) is 0. The molecule has 6 nitrogen and oxygen atoms in total. The third kappa shape index (κ3) is 1.84. The normalized spacial score (nSPS) is 26.1. The minimum atomic E-state index is -4.39. The third-order valence-electron chi connectivity index (χ3n) is 1.79. The molecule has 1 rings (SSSR count). The van der Waals surface area contributed by atoms with Crippen LogP contribution in [-0.4, -0.2) is 38.2 Å². The molecule has 0 bridgehead atoms. The minimum Gasteiger partial charge on any atom is -0.324 e. The Bertz CT molecular complexity index is 236. The first kappa shape index (κ1) is 9.67. The van der Waals surface area contributed by atoms with Crippen LogP contribution < -0.4 is 0 Å². The van der Waals surface area contributed by atoms with Gasteiger partial charge in [-0.1, -0.05) is 0 Å². The van der Waals surface area contributed by atoms with Gasteiger partial charge in [-0.15, -0.1) is 0 Å². The molecule has 1 heterocycles. The van der Waals surface area contributed by atoms with E-state index in [1.807, 2.05) is 0 Å². The summed E-state index contributed by atoms with van der Waals surface area (Å²) in [6.07, 6.45) is 0.554. The molecule has 1 aliphatic heterocycles. The number of amides is 1. The van der Waals surface area contributed by atoms with Gasteiger partial charge in [-0.05, 0) is 12.8 Å². The number of nitrogens with zero attached hydrogens (tertiary/aromatic N) is 1. The molecular weight excluding hydrogens is 185 g/mol. The van der Waals surface area contributed by atoms with E-state index < -0.39 is 19.2 Å². The van der Waals surface area contributed by atoms with Crippen molar-refractivity contribution in [3.8, 4) is 0 Å². The molecule has 1 aliphatic rings. The molecule has 0 saturated carbocycles. The number of carbonyl (C=O) groups excluding carboxylic acids is 1. The van der Waals surface area contributed by atoms with Gasteiger partial charge in [0.15, 0.2) is 0 Å². The van der Waals surface area contributed by atoms with E-state index in [4.69, 9.17) is 15.0 Å². The van der Waals surface area contributed by atoms with E-state index in [2.05, 4.69) is 0 Å². The van der Waals surface area contributed by atoms with Crippen LogP contribution in [0.2, 0.25) is 0 Å². The Morgan fingerprint density at radius 1 is 1.50 bits per heavy atom. The molecule has 1 amide bonds. The zero-order valence-electron chi connectivity index (χ0n) is 6.25. The van der Waals surface area contributed by atoms with Crippen LogP contribution in [-0.2, 0) is 9.36 Å². The summed E-state index contributed by atoms with van der Waals surface area (Å²) < 4.78 is 10.7. The van der Waals surface area contributed by atoms with Crippen LogP contribution in [0.3, 0.4) is 0 Å². The van der Waals surface area contributed by atoms with Crippen molar-refractivity contribution in [2.24, 2.45) is 0 Å². The first-order valence-electron chi connectivity index (χ1n) is 3.48. The fourth-order valence-corrected chi connectivity index (χ4v) is 2.09. The summed E-state index contributed by atoms with van der Waals surface area (Å²) in [5.74, 6) is -0.880. The Labute approximate surface area is 68.9 Å². The van der Waals surface area contributed by atoms with Crippen LogP contribution in [0.15, 0.2) is 0 Å². The summed E-state index contributed by atoms with van der Waals surface area (Å²) >= 11 is 0. The number of hydrogen-bond donors (Lipinski definition) is 3. The molecule has 0 aromatic rings. The van der Waals surface area contributed by atoms with E-state index in [-0.39, 0.29) is 13.0 Å². The molecule has 0 aromatic heterocycles. The molecule has 3 N–H and O–H groups in total. The molecule has 0 aliphatic carbocycles. The molecule has 0 aromatic carbocycles. The van der Waals surface area contributed by atoms with E-state index in [0.29, 0.717) is 11.5 Å². The lowest BCUT2D eigenvalue weighted by molar-refractivity contribution is -0.169. The van der Waals surface area contributed by atoms with Crippen LogP contribution in [0.4, 0.5) is 0 Å². The van der Waals surface area contributed by atoms with Crippen molar-refractivity contribution in [1.82, 2.24) is 5.06 Å². The van der Waals surface area contributed by atoms with E-state index in [1.54, 1.807) is 0 Å². The second-order valence-electron chi connectivity index (χ2n) is 2.71. The van der Waals surface area contributed by atoms with Gasteiger partial charge in [-0.3, -0.25) is 14.6 Å². The highest BCUT2D eigenvalue weighted by molar-refractivity contribution is 7.53. The predicted octanol–water partition coefficient (Wildman–Crippen LogP) is -0.456. The molecule has 0 spiro atoms. The molecule has 1 atom stereocenters. The Morgan fingerprint density at radius 3 is 2.50 bits per heavy atom. The van der Waals surface area contributed by atoms with Gasteiger partial charge in [0.05, 0.1) is 0 Å². The molecule has 12 heavy (non-hydrogen) atoms. The zero-order valence-corrected chi connectivity index (χ0v) is 7.15. The second kappa shape index (κ2) is 3.14. The highest BCUT2D eigenvalue weighted by Crippen LogP contribution is 2.45. The molecule has 0 radical (unpaired) electrons. The average molecular weight is 195 g/mol. The lowest BCUT2D eigenvalue weighted by Crippen LogP contribution is -2.41. The topological polar surface area (TPSA) is 98.1 Å². The van der Waals surface area contributed by atoms with Gasteiger partial charge in [-0.2, -0.15) is 0 Å². The standard InChI is InChI=1S/C5H10NO5P/c7-5-4(12(9,10)11)2-1-3-6(5)8/h4,8H,1-3H2,(H2,9,10,11)/t4-/m0/s1. The fraction of sp³-hybridized carbons (Fsp3) is 0.800. The van der Waals surface area contributed by atoms with Gasteiger partial charge in [0.25, 0.3) is 5.91 Å². The van der Waals surface area contributed by atoms with Crippen LogP contribution in [0.25, 0.3) is 0 Å². The van der Waals surface area contributed by atoms with Crippen molar-refractivity contribution in [3.05, 3.63) is 0 Å². The Morgan fingerprint density at radius 2 is 2.08 bits per heavy atom. The van der Waals surface area contributed by atoms with Crippen LogP contribution in [0.5, 0.6) is 0 Å². The van der Waals surface area contributed by atoms with Crippen molar-refractivity contribution in [2.45, 2.75) is 18.5 Å². The van der Waals surface area contributed by atoms with Gasteiger partial charge in [-0.25, -0.2) is 5.06 Å². The maximum absolute atomic E-state index is 11.0. The monoisotopic (exact) mass is 195 g/mol. The maximum Gasteiger partial charge on any atom is 0.338 e. The predicted molar refractivity (Wildman–Crippen MR) is 38.6 cm³/mol. The number of hydroxylamine groups is 2. The molecule has 1 fully saturated rings. The molecule has 7 heteroatoms. The molecule has 0 unspecified atom stereocenters. The largest absolute Gasteiger partial charge is 0.338 e. The van der Waals surface area contributed by atoms with Crippen molar-refractivity contribution >= 4 is 13.5 Å².